The van der Waals surface area contributed by atoms with Crippen LogP contribution in [0.5, 0.6) is 17.2 Å². The number of urea groups is 1. The number of ether oxygens (including phenoxy) is 3. The molecule has 0 saturated carbocycles. The molecule has 1 aliphatic heterocycles. The number of hydrogen-bond acceptors (Lipinski definition) is 6. The van der Waals surface area contributed by atoms with Crippen LogP contribution in [0.25, 0.3) is 11.1 Å². The third-order valence-corrected chi connectivity index (χ3v) is 7.50. The van der Waals surface area contributed by atoms with Crippen molar-refractivity contribution in [1.82, 2.24) is 4.31 Å². The first-order valence-corrected chi connectivity index (χ1v) is 12.3. The molecule has 8 nitrogen and oxygen atoms in total. The molecule has 3 aromatic carbocycles. The van der Waals surface area contributed by atoms with Crippen molar-refractivity contribution in [3.05, 3.63) is 71.8 Å². The van der Waals surface area contributed by atoms with E-state index < -0.39 is 22.2 Å². The molecule has 0 spiro atoms. The van der Waals surface area contributed by atoms with E-state index in [0.29, 0.717) is 27.2 Å². The minimum Gasteiger partial charge on any atom is -0.497 e. The number of sulfonamides is 1. The average Bonchev–Trinajstić information content (AvgIpc) is 2.87. The number of rotatable bonds is 6. The van der Waals surface area contributed by atoms with Crippen molar-refractivity contribution in [2.24, 2.45) is 0 Å². The van der Waals surface area contributed by atoms with Crippen molar-refractivity contribution in [3.63, 3.8) is 0 Å². The SMILES string of the molecule is CCS(=O)(=O)N(C)C(=O)Nc1ccc2c(c1)C(c1cccc(OC)c1)Oc1cccc(OC)c1-2. The zero-order chi connectivity index (χ0) is 24.5. The van der Waals surface area contributed by atoms with Crippen LogP contribution in [0.2, 0.25) is 0 Å². The summed E-state index contributed by atoms with van der Waals surface area (Å²) in [5, 5.41) is 2.68. The third kappa shape index (κ3) is 4.26. The van der Waals surface area contributed by atoms with Crippen molar-refractivity contribution >= 4 is 21.7 Å². The number of methoxy groups -OCH3 is 2. The van der Waals surface area contributed by atoms with Crippen LogP contribution >= 0.6 is 0 Å². The van der Waals surface area contributed by atoms with Gasteiger partial charge in [-0.2, -0.15) is 0 Å². The van der Waals surface area contributed by atoms with E-state index in [0.717, 1.165) is 22.3 Å². The lowest BCUT2D eigenvalue weighted by atomic mass is 9.88. The molecule has 0 fully saturated rings. The minimum absolute atomic E-state index is 0.177. The van der Waals surface area contributed by atoms with E-state index in [-0.39, 0.29) is 5.75 Å². The highest BCUT2D eigenvalue weighted by molar-refractivity contribution is 7.89. The lowest BCUT2D eigenvalue weighted by Gasteiger charge is -2.31. The molecule has 2 amide bonds. The van der Waals surface area contributed by atoms with Crippen LogP contribution < -0.4 is 19.5 Å². The number of fused-ring (bicyclic) bond motifs is 3. The van der Waals surface area contributed by atoms with E-state index in [9.17, 15) is 13.2 Å². The Morgan fingerprint density at radius 2 is 1.82 bits per heavy atom. The Labute approximate surface area is 199 Å². The summed E-state index contributed by atoms with van der Waals surface area (Å²) in [7, 11) is 0.753. The van der Waals surface area contributed by atoms with Gasteiger partial charge in [0.25, 0.3) is 0 Å². The van der Waals surface area contributed by atoms with Crippen LogP contribution in [0.4, 0.5) is 10.5 Å². The van der Waals surface area contributed by atoms with Gasteiger partial charge in [0, 0.05) is 23.9 Å². The van der Waals surface area contributed by atoms with Crippen LogP contribution in [0.1, 0.15) is 24.2 Å². The first-order chi connectivity index (χ1) is 16.3. The van der Waals surface area contributed by atoms with E-state index in [1.54, 1.807) is 26.4 Å². The molecular weight excluding hydrogens is 456 g/mol. The van der Waals surface area contributed by atoms with Gasteiger partial charge in [-0.25, -0.2) is 17.5 Å². The number of benzene rings is 3. The summed E-state index contributed by atoms with van der Waals surface area (Å²) in [6.45, 7) is 1.49. The Bertz CT molecular complexity index is 1340. The fourth-order valence-electron chi connectivity index (χ4n) is 3.89. The van der Waals surface area contributed by atoms with Gasteiger partial charge in [-0.05, 0) is 48.9 Å². The Hall–Kier alpha value is -3.72. The summed E-state index contributed by atoms with van der Waals surface area (Å²) in [6.07, 6.45) is -0.487. The topological polar surface area (TPSA) is 94.2 Å². The zero-order valence-corrected chi connectivity index (χ0v) is 20.2. The smallest absolute Gasteiger partial charge is 0.335 e. The second-order valence-electron chi connectivity index (χ2n) is 7.71. The molecule has 0 bridgehead atoms. The van der Waals surface area contributed by atoms with E-state index in [1.807, 2.05) is 48.5 Å². The molecule has 1 atom stereocenters. The number of amides is 2. The van der Waals surface area contributed by atoms with E-state index in [2.05, 4.69) is 5.32 Å². The van der Waals surface area contributed by atoms with Crippen molar-refractivity contribution in [2.75, 3.05) is 32.3 Å². The Morgan fingerprint density at radius 1 is 1.06 bits per heavy atom. The van der Waals surface area contributed by atoms with Crippen LogP contribution in [-0.2, 0) is 10.0 Å². The summed E-state index contributed by atoms with van der Waals surface area (Å²) in [5.41, 5.74) is 3.80. The van der Waals surface area contributed by atoms with E-state index in [1.165, 1.54) is 14.0 Å². The van der Waals surface area contributed by atoms with Gasteiger partial charge in [0.05, 0.1) is 25.5 Å². The van der Waals surface area contributed by atoms with Gasteiger partial charge < -0.3 is 19.5 Å². The highest BCUT2D eigenvalue weighted by Gasteiger charge is 2.31. The average molecular weight is 483 g/mol. The first-order valence-electron chi connectivity index (χ1n) is 10.7. The normalized spacial score (nSPS) is 14.3. The number of carbonyl (C=O) groups excluding carboxylic acids is 1. The largest absolute Gasteiger partial charge is 0.497 e. The molecule has 3 aromatic rings. The zero-order valence-electron chi connectivity index (χ0n) is 19.4. The number of nitrogens with zero attached hydrogens (tertiary/aromatic N) is 1. The number of carbonyl (C=O) groups is 1. The molecule has 34 heavy (non-hydrogen) atoms. The number of anilines is 1. The number of hydrogen-bond donors (Lipinski definition) is 1. The maximum absolute atomic E-state index is 12.6. The molecule has 9 heteroatoms. The monoisotopic (exact) mass is 482 g/mol. The van der Waals surface area contributed by atoms with Crippen LogP contribution in [-0.4, -0.2) is 45.8 Å². The van der Waals surface area contributed by atoms with E-state index >= 15 is 0 Å². The Kier molecular flexibility index (Phi) is 6.39. The molecule has 0 saturated heterocycles. The van der Waals surface area contributed by atoms with Crippen molar-refractivity contribution in [1.29, 1.82) is 0 Å². The van der Waals surface area contributed by atoms with Gasteiger partial charge in [0.2, 0.25) is 10.0 Å². The van der Waals surface area contributed by atoms with Crippen molar-refractivity contribution < 1.29 is 27.4 Å². The summed E-state index contributed by atoms with van der Waals surface area (Å²) >= 11 is 0. The molecule has 1 N–H and O–H groups in total. The van der Waals surface area contributed by atoms with Gasteiger partial charge in [-0.1, -0.05) is 24.3 Å². The highest BCUT2D eigenvalue weighted by atomic mass is 32.2. The maximum Gasteiger partial charge on any atom is 0.335 e. The van der Waals surface area contributed by atoms with Gasteiger partial charge in [-0.3, -0.25) is 0 Å². The molecule has 1 heterocycles. The molecule has 1 aliphatic rings. The van der Waals surface area contributed by atoms with Gasteiger partial charge in [0.1, 0.15) is 23.4 Å². The van der Waals surface area contributed by atoms with Gasteiger partial charge in [0.15, 0.2) is 0 Å². The molecule has 0 aromatic heterocycles. The number of nitrogens with one attached hydrogen (secondary N) is 1. The molecule has 0 radical (unpaired) electrons. The second kappa shape index (κ2) is 9.26. The predicted octanol–water partition coefficient (Wildman–Crippen LogP) is 4.67. The van der Waals surface area contributed by atoms with Crippen LogP contribution in [0.15, 0.2) is 60.7 Å². The lowest BCUT2D eigenvalue weighted by molar-refractivity contribution is 0.239. The summed E-state index contributed by atoms with van der Waals surface area (Å²) in [5.74, 6) is 1.84. The first kappa shape index (κ1) is 23.4. The summed E-state index contributed by atoms with van der Waals surface area (Å²) < 4.78 is 42.3. The third-order valence-electron chi connectivity index (χ3n) is 5.77. The van der Waals surface area contributed by atoms with Gasteiger partial charge >= 0.3 is 6.03 Å². The molecule has 178 valence electrons. The van der Waals surface area contributed by atoms with E-state index in [4.69, 9.17) is 14.2 Å². The molecule has 4 rings (SSSR count). The van der Waals surface area contributed by atoms with Crippen molar-refractivity contribution in [3.8, 4) is 28.4 Å². The Balaban J connectivity index is 1.81. The molecule has 1 unspecified atom stereocenters. The van der Waals surface area contributed by atoms with Gasteiger partial charge in [-0.15, -0.1) is 0 Å². The fraction of sp³-hybridized carbons (Fsp3) is 0.240. The predicted molar refractivity (Wildman–Crippen MR) is 130 cm³/mol. The second-order valence-corrected chi connectivity index (χ2v) is 10.00. The summed E-state index contributed by atoms with van der Waals surface area (Å²) in [6, 6.07) is 17.8. The highest BCUT2D eigenvalue weighted by Crippen LogP contribution is 2.49. The van der Waals surface area contributed by atoms with Crippen LogP contribution in [0, 0.1) is 0 Å². The summed E-state index contributed by atoms with van der Waals surface area (Å²) in [4.78, 5) is 12.6. The minimum atomic E-state index is -3.68. The lowest BCUT2D eigenvalue weighted by Crippen LogP contribution is -2.37. The quantitative estimate of drug-likeness (QED) is 0.549. The molecule has 0 aliphatic carbocycles. The molecular formula is C25H26N2O6S. The fourth-order valence-corrected chi connectivity index (χ4v) is 4.58. The van der Waals surface area contributed by atoms with Crippen molar-refractivity contribution in [2.45, 2.75) is 13.0 Å². The standard InChI is InChI=1S/C25H26N2O6S/c1-5-34(29,30)27(2)25(28)26-17-12-13-19-20(15-17)24(16-8-6-9-18(14-16)31-3)33-22-11-7-10-21(32-4)23(19)22/h6-15,24H,5H2,1-4H3,(H,26,28). The Morgan fingerprint density at radius 3 is 2.53 bits per heavy atom. The van der Waals surface area contributed by atoms with Crippen LogP contribution in [0.3, 0.4) is 0 Å². The maximum atomic E-state index is 12.6.